The number of carbonyl (C=O) groups excluding carboxylic acids is 1. The molecule has 23 heavy (non-hydrogen) atoms. The molecule has 1 aliphatic heterocycles. The van der Waals surface area contributed by atoms with Crippen molar-refractivity contribution >= 4 is 5.91 Å². The van der Waals surface area contributed by atoms with Gasteiger partial charge in [-0.2, -0.15) is 13.2 Å². The Bertz CT molecular complexity index is 537. The molecule has 0 aromatic heterocycles. The van der Waals surface area contributed by atoms with Crippen molar-refractivity contribution in [1.82, 2.24) is 10.2 Å². The third-order valence-corrected chi connectivity index (χ3v) is 3.41. The summed E-state index contributed by atoms with van der Waals surface area (Å²) in [6.45, 7) is 0.212. The lowest BCUT2D eigenvalue weighted by Crippen LogP contribution is -2.36. The van der Waals surface area contributed by atoms with Gasteiger partial charge < -0.3 is 15.2 Å². The molecule has 0 aliphatic carbocycles. The predicted molar refractivity (Wildman–Crippen MR) is 76.9 cm³/mol. The summed E-state index contributed by atoms with van der Waals surface area (Å²) in [5.41, 5.74) is 0.652. The second kappa shape index (κ2) is 7.65. The van der Waals surface area contributed by atoms with Gasteiger partial charge in [-0.1, -0.05) is 12.1 Å². The minimum absolute atomic E-state index is 0.108. The van der Waals surface area contributed by atoms with E-state index in [9.17, 15) is 23.1 Å². The molecule has 1 fully saturated rings. The van der Waals surface area contributed by atoms with Crippen molar-refractivity contribution in [2.75, 3.05) is 26.2 Å². The summed E-state index contributed by atoms with van der Waals surface area (Å²) in [6, 6.07) is 6.17. The Morgan fingerprint density at radius 1 is 1.43 bits per heavy atom. The van der Waals surface area contributed by atoms with E-state index >= 15 is 0 Å². The lowest BCUT2D eigenvalue weighted by molar-refractivity contribution is -0.153. The molecule has 0 unspecified atom stereocenters. The molecule has 1 saturated heterocycles. The third-order valence-electron chi connectivity index (χ3n) is 3.41. The zero-order valence-corrected chi connectivity index (χ0v) is 12.5. The lowest BCUT2D eigenvalue weighted by atomic mass is 10.2. The van der Waals surface area contributed by atoms with Gasteiger partial charge in [-0.15, -0.1) is 0 Å². The van der Waals surface area contributed by atoms with E-state index in [-0.39, 0.29) is 30.9 Å². The van der Waals surface area contributed by atoms with Gasteiger partial charge in [0.25, 0.3) is 0 Å². The molecule has 0 spiro atoms. The van der Waals surface area contributed by atoms with E-state index in [0.29, 0.717) is 25.1 Å². The van der Waals surface area contributed by atoms with Crippen molar-refractivity contribution in [3.05, 3.63) is 29.8 Å². The van der Waals surface area contributed by atoms with E-state index in [1.54, 1.807) is 12.1 Å². The van der Waals surface area contributed by atoms with Gasteiger partial charge in [0, 0.05) is 19.6 Å². The van der Waals surface area contributed by atoms with Crippen molar-refractivity contribution in [1.29, 1.82) is 0 Å². The molecule has 1 aromatic rings. The van der Waals surface area contributed by atoms with Gasteiger partial charge in [-0.05, 0) is 24.1 Å². The molecule has 1 aliphatic rings. The number of hydrogen-bond acceptors (Lipinski definition) is 4. The molecule has 128 valence electrons. The topological polar surface area (TPSA) is 61.8 Å². The molecule has 1 heterocycles. The number of aliphatic hydroxyl groups is 1. The summed E-state index contributed by atoms with van der Waals surface area (Å²) < 4.78 is 41.0. The number of nitrogens with one attached hydrogen (secondary N) is 1. The first-order chi connectivity index (χ1) is 10.8. The Morgan fingerprint density at radius 3 is 2.87 bits per heavy atom. The number of alkyl halides is 3. The number of nitrogens with zero attached hydrogens (tertiary/aromatic N) is 1. The average molecular weight is 332 g/mol. The number of amides is 1. The van der Waals surface area contributed by atoms with E-state index in [1.807, 2.05) is 4.90 Å². The second-order valence-electron chi connectivity index (χ2n) is 5.51. The van der Waals surface area contributed by atoms with Crippen molar-refractivity contribution in [2.24, 2.45) is 0 Å². The van der Waals surface area contributed by atoms with E-state index in [4.69, 9.17) is 0 Å². The first kappa shape index (κ1) is 17.6. The van der Waals surface area contributed by atoms with Crippen LogP contribution in [0.4, 0.5) is 13.2 Å². The highest BCUT2D eigenvalue weighted by atomic mass is 19.4. The Morgan fingerprint density at radius 2 is 2.22 bits per heavy atom. The number of likely N-dealkylation sites (tertiary alicyclic amines) is 1. The maximum absolute atomic E-state index is 12.1. The van der Waals surface area contributed by atoms with Crippen LogP contribution in [0.15, 0.2) is 24.3 Å². The van der Waals surface area contributed by atoms with Crippen LogP contribution in [0, 0.1) is 0 Å². The molecular weight excluding hydrogens is 313 g/mol. The quantitative estimate of drug-likeness (QED) is 0.825. The number of hydrogen-bond donors (Lipinski definition) is 2. The molecule has 2 rings (SSSR count). The molecule has 0 radical (unpaired) electrons. The summed E-state index contributed by atoms with van der Waals surface area (Å²) in [6.07, 6.45) is -4.11. The van der Waals surface area contributed by atoms with Crippen LogP contribution >= 0.6 is 0 Å². The number of rotatable bonds is 6. The molecule has 2 N–H and O–H groups in total. The molecule has 1 amide bonds. The standard InChI is InChI=1S/C15H19F3N2O3/c16-15(17,18)10-23-13-3-1-2-11(6-13)7-19-14(22)9-20-5-4-12(21)8-20/h1-3,6,12,21H,4-5,7-10H2,(H,19,22)/t12-/m1/s1. The van der Waals surface area contributed by atoms with Gasteiger partial charge >= 0.3 is 6.18 Å². The summed E-state index contributed by atoms with van der Waals surface area (Å²) in [5.74, 6) is -0.0857. The Kier molecular flexibility index (Phi) is 5.84. The van der Waals surface area contributed by atoms with Crippen LogP contribution < -0.4 is 10.1 Å². The van der Waals surface area contributed by atoms with E-state index < -0.39 is 12.8 Å². The normalized spacial score (nSPS) is 18.9. The SMILES string of the molecule is O=C(CN1CC[C@@H](O)C1)NCc1cccc(OCC(F)(F)F)c1. The minimum atomic E-state index is -4.38. The molecule has 0 bridgehead atoms. The van der Waals surface area contributed by atoms with Crippen LogP contribution in [0.5, 0.6) is 5.75 Å². The van der Waals surface area contributed by atoms with Crippen LogP contribution in [0.3, 0.4) is 0 Å². The zero-order valence-electron chi connectivity index (χ0n) is 12.5. The smallest absolute Gasteiger partial charge is 0.422 e. The van der Waals surface area contributed by atoms with Crippen LogP contribution in [0.1, 0.15) is 12.0 Å². The van der Waals surface area contributed by atoms with E-state index in [2.05, 4.69) is 10.1 Å². The van der Waals surface area contributed by atoms with Gasteiger partial charge in [-0.3, -0.25) is 9.69 Å². The average Bonchev–Trinajstić information content (AvgIpc) is 2.88. The molecular formula is C15H19F3N2O3. The van der Waals surface area contributed by atoms with Crippen LogP contribution in [0.2, 0.25) is 0 Å². The highest BCUT2D eigenvalue weighted by Gasteiger charge is 2.28. The monoisotopic (exact) mass is 332 g/mol. The fourth-order valence-corrected chi connectivity index (χ4v) is 2.33. The largest absolute Gasteiger partial charge is 0.484 e. The van der Waals surface area contributed by atoms with Gasteiger partial charge in [0.05, 0.1) is 12.6 Å². The first-order valence-electron chi connectivity index (χ1n) is 7.27. The number of halogens is 3. The highest BCUT2D eigenvalue weighted by Crippen LogP contribution is 2.19. The van der Waals surface area contributed by atoms with Gasteiger partial charge in [0.2, 0.25) is 5.91 Å². The maximum atomic E-state index is 12.1. The highest BCUT2D eigenvalue weighted by molar-refractivity contribution is 5.78. The Balaban J connectivity index is 1.77. The first-order valence-corrected chi connectivity index (χ1v) is 7.27. The van der Waals surface area contributed by atoms with Crippen molar-refractivity contribution in [3.63, 3.8) is 0 Å². The predicted octanol–water partition coefficient (Wildman–Crippen LogP) is 1.31. The van der Waals surface area contributed by atoms with Gasteiger partial charge in [0.1, 0.15) is 5.75 Å². The number of β-amino-alcohol motifs (C(OH)–C–C–N with tert-alkyl or cyclic N) is 1. The number of aliphatic hydroxyl groups excluding tert-OH is 1. The molecule has 0 saturated carbocycles. The Labute approximate surface area is 132 Å². The summed E-state index contributed by atoms with van der Waals surface area (Å²) in [7, 11) is 0. The van der Waals surface area contributed by atoms with Gasteiger partial charge in [-0.25, -0.2) is 0 Å². The van der Waals surface area contributed by atoms with E-state index in [0.717, 1.165) is 0 Å². The van der Waals surface area contributed by atoms with Gasteiger partial charge in [0.15, 0.2) is 6.61 Å². The number of benzene rings is 1. The van der Waals surface area contributed by atoms with Crippen LogP contribution in [-0.2, 0) is 11.3 Å². The third kappa shape index (κ3) is 6.45. The Hall–Kier alpha value is -1.80. The summed E-state index contributed by atoms with van der Waals surface area (Å²) in [5, 5.41) is 12.1. The number of ether oxygens (including phenoxy) is 1. The van der Waals surface area contributed by atoms with Crippen molar-refractivity contribution in [2.45, 2.75) is 25.2 Å². The number of carbonyl (C=O) groups is 1. The lowest BCUT2D eigenvalue weighted by Gasteiger charge is -2.15. The maximum Gasteiger partial charge on any atom is 0.422 e. The molecule has 8 heteroatoms. The fourth-order valence-electron chi connectivity index (χ4n) is 2.33. The molecule has 5 nitrogen and oxygen atoms in total. The second-order valence-corrected chi connectivity index (χ2v) is 5.51. The van der Waals surface area contributed by atoms with Crippen molar-refractivity contribution < 1.29 is 27.8 Å². The summed E-state index contributed by atoms with van der Waals surface area (Å²) in [4.78, 5) is 13.7. The summed E-state index contributed by atoms with van der Waals surface area (Å²) >= 11 is 0. The van der Waals surface area contributed by atoms with Crippen LogP contribution in [-0.4, -0.2) is 54.4 Å². The fraction of sp³-hybridized carbons (Fsp3) is 0.533. The zero-order chi connectivity index (χ0) is 16.9. The minimum Gasteiger partial charge on any atom is -0.484 e. The molecule has 1 atom stereocenters. The van der Waals surface area contributed by atoms with Crippen molar-refractivity contribution in [3.8, 4) is 5.75 Å². The van der Waals surface area contributed by atoms with E-state index in [1.165, 1.54) is 12.1 Å². The molecule has 1 aromatic carbocycles. The van der Waals surface area contributed by atoms with Crippen LogP contribution in [0.25, 0.3) is 0 Å².